The predicted octanol–water partition coefficient (Wildman–Crippen LogP) is 2.20. The van der Waals surface area contributed by atoms with Crippen molar-refractivity contribution < 1.29 is 42.0 Å². The molecular weight excluding hydrogens is 735 g/mol. The third kappa shape index (κ3) is 9.90. The smallest absolute Gasteiger partial charge is 0.435 e. The summed E-state index contributed by atoms with van der Waals surface area (Å²) in [7, 11) is 6.82. The Labute approximate surface area is 314 Å². The Kier molecular flexibility index (Phi) is 13.7. The van der Waals surface area contributed by atoms with E-state index in [1.807, 2.05) is 11.8 Å². The number of hydrogen-bond donors (Lipinski definition) is 3. The van der Waals surface area contributed by atoms with Gasteiger partial charge >= 0.3 is 6.18 Å². The van der Waals surface area contributed by atoms with Crippen LogP contribution in [0.25, 0.3) is 17.1 Å². The predicted molar refractivity (Wildman–Crippen MR) is 192 cm³/mol. The van der Waals surface area contributed by atoms with Crippen molar-refractivity contribution in [3.63, 3.8) is 0 Å². The number of alkyl halides is 3. The summed E-state index contributed by atoms with van der Waals surface area (Å²) in [6, 6.07) is 4.40. The number of ether oxygens (including phenoxy) is 1. The highest BCUT2D eigenvalue weighted by Crippen LogP contribution is 2.37. The summed E-state index contributed by atoms with van der Waals surface area (Å²) in [5.74, 6) is -1.06. The number of hydrogen-bond acceptors (Lipinski definition) is 10. The number of nitrogen functional groups attached to an aromatic ring is 1. The number of amides is 3. The molecule has 3 amide bonds. The fraction of sp³-hybridized carbons (Fsp3) is 0.412. The molecule has 3 aromatic heterocycles. The number of anilines is 2. The van der Waals surface area contributed by atoms with Crippen molar-refractivity contribution in [2.75, 3.05) is 65.0 Å². The van der Waals surface area contributed by atoms with E-state index in [1.165, 1.54) is 54.2 Å². The molecule has 16 nitrogen and oxygen atoms in total. The van der Waals surface area contributed by atoms with Crippen molar-refractivity contribution in [1.29, 1.82) is 0 Å². The van der Waals surface area contributed by atoms with Gasteiger partial charge in [0.15, 0.2) is 17.3 Å². The molecule has 54 heavy (non-hydrogen) atoms. The highest BCUT2D eigenvalue weighted by molar-refractivity contribution is 6.34. The zero-order valence-corrected chi connectivity index (χ0v) is 31.1. The van der Waals surface area contributed by atoms with E-state index >= 15 is 0 Å². The number of piperazine rings is 1. The minimum atomic E-state index is -4.83. The van der Waals surface area contributed by atoms with E-state index in [-0.39, 0.29) is 62.7 Å². The molecule has 0 saturated carbocycles. The van der Waals surface area contributed by atoms with Gasteiger partial charge in [0.05, 0.1) is 68.2 Å². The topological polar surface area (TPSA) is 188 Å². The number of nitrogens with zero attached hydrogens (tertiary/aromatic N) is 8. The van der Waals surface area contributed by atoms with Crippen LogP contribution < -0.4 is 16.0 Å². The molecule has 0 aliphatic carbocycles. The minimum absolute atomic E-state index is 0.00390. The average Bonchev–Trinajstić information content (AvgIpc) is 3.76. The first-order chi connectivity index (χ1) is 25.6. The minimum Gasteiger partial charge on any atom is -0.471 e. The maximum absolute atomic E-state index is 14.0. The highest BCUT2D eigenvalue weighted by atomic mass is 35.5. The van der Waals surface area contributed by atoms with E-state index in [4.69, 9.17) is 22.1 Å². The Morgan fingerprint density at radius 1 is 1.07 bits per heavy atom. The van der Waals surface area contributed by atoms with Crippen LogP contribution in [0, 0.1) is 5.92 Å². The molecule has 1 unspecified atom stereocenters. The first-order valence-corrected chi connectivity index (χ1v) is 17.2. The standard InChI is InChI=1S/C32H37ClF3N11O3.C2H4O2/c1-5-19(8-9-43(2)3)30(49)45-10-12-46(13-11-45)31(50)21-7-6-20(14-23(21)33)41-29(48)28-40-15-24(44(28)4)22-18-47(42-27(22)32(34,35)36)26-17-38-25(37)16-39-26;1-4-2-3/h6-7,14-19H,5,8-13H2,1-4H3,(H2,37,38)(H,41,48);2H,1H3/p+1. The van der Waals surface area contributed by atoms with Gasteiger partial charge in [-0.1, -0.05) is 18.5 Å². The molecule has 1 saturated heterocycles. The first kappa shape index (κ1) is 41.2. The number of nitrogens with two attached hydrogens (primary N) is 1. The lowest BCUT2D eigenvalue weighted by Crippen LogP contribution is -3.05. The number of quaternary nitrogens is 1. The van der Waals surface area contributed by atoms with Crippen LogP contribution in [0.5, 0.6) is 0 Å². The van der Waals surface area contributed by atoms with E-state index in [0.29, 0.717) is 32.7 Å². The number of nitrogens with one attached hydrogen (secondary N) is 2. The molecule has 1 aliphatic rings. The van der Waals surface area contributed by atoms with Crippen LogP contribution in [0.15, 0.2) is 43.0 Å². The Morgan fingerprint density at radius 2 is 1.74 bits per heavy atom. The summed E-state index contributed by atoms with van der Waals surface area (Å²) in [6.45, 7) is 4.86. The lowest BCUT2D eigenvalue weighted by molar-refractivity contribution is -0.858. The quantitative estimate of drug-likeness (QED) is 0.191. The highest BCUT2D eigenvalue weighted by Gasteiger charge is 2.39. The van der Waals surface area contributed by atoms with Gasteiger partial charge in [0.25, 0.3) is 18.3 Å². The van der Waals surface area contributed by atoms with Gasteiger partial charge in [-0.2, -0.15) is 18.3 Å². The van der Waals surface area contributed by atoms with Crippen LogP contribution in [0.3, 0.4) is 0 Å². The van der Waals surface area contributed by atoms with E-state index in [2.05, 4.69) is 44.2 Å². The molecule has 1 aromatic carbocycles. The number of aromatic nitrogens is 6. The Bertz CT molecular complexity index is 1940. The van der Waals surface area contributed by atoms with Gasteiger partial charge in [0, 0.05) is 57.4 Å². The Balaban J connectivity index is 0.00000155. The van der Waals surface area contributed by atoms with Crippen LogP contribution in [-0.4, -0.2) is 117 Å². The molecule has 4 N–H and O–H groups in total. The van der Waals surface area contributed by atoms with Crippen molar-refractivity contribution in [1.82, 2.24) is 39.1 Å². The third-order valence-electron chi connectivity index (χ3n) is 8.61. The monoisotopic (exact) mass is 776 g/mol. The van der Waals surface area contributed by atoms with Crippen molar-refractivity contribution in [3.8, 4) is 17.1 Å². The third-order valence-corrected chi connectivity index (χ3v) is 8.92. The van der Waals surface area contributed by atoms with E-state index in [0.717, 1.165) is 36.5 Å². The normalized spacial score (nSPS) is 13.6. The zero-order chi connectivity index (χ0) is 39.7. The molecular formula is C34H42ClF3N11O5+. The number of rotatable bonds is 11. The van der Waals surface area contributed by atoms with E-state index in [9.17, 15) is 27.6 Å². The molecule has 20 heteroatoms. The molecule has 0 radical (unpaired) electrons. The first-order valence-electron chi connectivity index (χ1n) is 16.8. The molecule has 1 fully saturated rings. The number of imidazole rings is 1. The van der Waals surface area contributed by atoms with Crippen molar-refractivity contribution in [3.05, 3.63) is 65.1 Å². The van der Waals surface area contributed by atoms with Gasteiger partial charge < -0.3 is 35.1 Å². The van der Waals surface area contributed by atoms with Crippen LogP contribution in [0.1, 0.15) is 46.4 Å². The van der Waals surface area contributed by atoms with Crippen molar-refractivity contribution in [2.24, 2.45) is 13.0 Å². The lowest BCUT2D eigenvalue weighted by atomic mass is 10.00. The van der Waals surface area contributed by atoms with Crippen molar-refractivity contribution >= 4 is 47.3 Å². The maximum atomic E-state index is 14.0. The second kappa shape index (κ2) is 18.0. The number of halogens is 4. The molecule has 4 heterocycles. The molecule has 0 spiro atoms. The van der Waals surface area contributed by atoms with Gasteiger partial charge in [0.2, 0.25) is 5.91 Å². The Hall–Kier alpha value is -5.56. The molecule has 5 rings (SSSR count). The fourth-order valence-electron chi connectivity index (χ4n) is 5.69. The van der Waals surface area contributed by atoms with Crippen LogP contribution in [-0.2, 0) is 27.5 Å². The molecule has 4 aromatic rings. The largest absolute Gasteiger partial charge is 0.471 e. The second-order valence-corrected chi connectivity index (χ2v) is 13.0. The zero-order valence-electron chi connectivity index (χ0n) is 30.4. The average molecular weight is 777 g/mol. The number of methoxy groups -OCH3 is 1. The van der Waals surface area contributed by atoms with Gasteiger partial charge in [0.1, 0.15) is 5.82 Å². The van der Waals surface area contributed by atoms with Crippen LogP contribution in [0.2, 0.25) is 5.02 Å². The number of carbonyl (C=O) groups excluding carboxylic acids is 4. The summed E-state index contributed by atoms with van der Waals surface area (Å²) in [6.07, 6.45) is 1.35. The van der Waals surface area contributed by atoms with Gasteiger partial charge in [-0.25, -0.2) is 19.6 Å². The SMILES string of the molecule is CCC(CC[NH+](C)C)C(=O)N1CCN(C(=O)c2ccc(NC(=O)c3ncc(-c4cn(-c5cnc(N)cn5)nc4C(F)(F)F)n3C)cc2Cl)CC1.COC=O. The summed E-state index contributed by atoms with van der Waals surface area (Å²) in [5.41, 5.74) is 4.43. The molecule has 290 valence electrons. The van der Waals surface area contributed by atoms with Gasteiger partial charge in [-0.3, -0.25) is 19.2 Å². The summed E-state index contributed by atoms with van der Waals surface area (Å²) >= 11 is 6.49. The summed E-state index contributed by atoms with van der Waals surface area (Å²) in [5, 5.41) is 6.39. The van der Waals surface area contributed by atoms with Crippen LogP contribution in [0.4, 0.5) is 24.7 Å². The fourth-order valence-corrected chi connectivity index (χ4v) is 5.95. The Morgan fingerprint density at radius 3 is 2.30 bits per heavy atom. The molecule has 0 bridgehead atoms. The molecule has 1 atom stereocenters. The summed E-state index contributed by atoms with van der Waals surface area (Å²) < 4.78 is 48.0. The van der Waals surface area contributed by atoms with Gasteiger partial charge in [-0.15, -0.1) is 0 Å². The van der Waals surface area contributed by atoms with Crippen molar-refractivity contribution in [2.45, 2.75) is 25.9 Å². The number of carbonyl (C=O) groups is 4. The van der Waals surface area contributed by atoms with E-state index < -0.39 is 17.8 Å². The van der Waals surface area contributed by atoms with Crippen LogP contribution >= 0.6 is 11.6 Å². The van der Waals surface area contributed by atoms with Gasteiger partial charge in [-0.05, 0) is 24.6 Å². The molecule has 1 aliphatic heterocycles. The maximum Gasteiger partial charge on any atom is 0.435 e. The number of benzene rings is 1. The lowest BCUT2D eigenvalue weighted by Gasteiger charge is -2.36. The summed E-state index contributed by atoms with van der Waals surface area (Å²) in [4.78, 5) is 65.2. The van der Waals surface area contributed by atoms with E-state index in [1.54, 1.807) is 4.90 Å². The second-order valence-electron chi connectivity index (χ2n) is 12.6.